The number of amides is 1. The predicted octanol–water partition coefficient (Wildman–Crippen LogP) is -0.590. The van der Waals surface area contributed by atoms with Crippen LogP contribution in [0.3, 0.4) is 0 Å². The van der Waals surface area contributed by atoms with Gasteiger partial charge < -0.3 is 5.32 Å². The first kappa shape index (κ1) is 10.0. The molecule has 0 fully saturated rings. The van der Waals surface area contributed by atoms with E-state index in [1.807, 2.05) is 0 Å². The Labute approximate surface area is 82.1 Å². The minimum Gasteiger partial charge on any atom is -0.350 e. The van der Waals surface area contributed by atoms with E-state index in [9.17, 15) is 4.79 Å². The van der Waals surface area contributed by atoms with Gasteiger partial charge in [0.2, 0.25) is 5.91 Å². The highest BCUT2D eigenvalue weighted by atomic mass is 32.1. The molecule has 0 saturated heterocycles. The highest BCUT2D eigenvalue weighted by Crippen LogP contribution is 1.84. The fraction of sp³-hybridized carbons (Fsp3) is 0.571. The van der Waals surface area contributed by atoms with Crippen molar-refractivity contribution in [1.82, 2.24) is 10.7 Å². The molecule has 0 aliphatic carbocycles. The number of carbonyl (C=O) groups is 1. The second-order valence-corrected chi connectivity index (χ2v) is 2.93. The topological polar surface area (TPSA) is 65.8 Å². The molecule has 0 aromatic carbocycles. The number of thiol groups is 1. The average Bonchev–Trinajstić information content (AvgIpc) is 2.17. The zero-order chi connectivity index (χ0) is 9.52. The van der Waals surface area contributed by atoms with Crippen molar-refractivity contribution in [2.24, 2.45) is 10.1 Å². The highest BCUT2D eigenvalue weighted by Gasteiger charge is 2.02. The summed E-state index contributed by atoms with van der Waals surface area (Å²) in [5, 5.41) is 6.65. The van der Waals surface area contributed by atoms with Gasteiger partial charge >= 0.3 is 0 Å². The number of rotatable bonds is 4. The normalized spacial score (nSPS) is 14.7. The molecule has 0 spiro atoms. The molecule has 0 radical (unpaired) electrons. The first-order valence-electron chi connectivity index (χ1n) is 3.99. The zero-order valence-corrected chi connectivity index (χ0v) is 8.05. The molecule has 1 amide bonds. The molecule has 1 rings (SSSR count). The van der Waals surface area contributed by atoms with Crippen molar-refractivity contribution in [3.05, 3.63) is 0 Å². The number of nitrogens with zero attached hydrogens (tertiary/aromatic N) is 2. The van der Waals surface area contributed by atoms with Crippen LogP contribution in [0.5, 0.6) is 0 Å². The fourth-order valence-electron chi connectivity index (χ4n) is 0.822. The Morgan fingerprint density at radius 3 is 3.23 bits per heavy atom. The molecule has 5 nitrogen and oxygen atoms in total. The molecular weight excluding hydrogens is 188 g/mol. The maximum atomic E-state index is 11.0. The quantitative estimate of drug-likeness (QED) is 0.531. The van der Waals surface area contributed by atoms with Crippen LogP contribution in [0.4, 0.5) is 0 Å². The van der Waals surface area contributed by atoms with Crippen molar-refractivity contribution in [3.63, 3.8) is 0 Å². The Hall–Kier alpha value is -1.04. The molecule has 1 heterocycles. The Kier molecular flexibility index (Phi) is 4.31. The molecule has 13 heavy (non-hydrogen) atoms. The van der Waals surface area contributed by atoms with Crippen molar-refractivity contribution in [2.75, 3.05) is 19.0 Å². The Morgan fingerprint density at radius 2 is 2.62 bits per heavy atom. The molecule has 0 unspecified atom stereocenters. The van der Waals surface area contributed by atoms with E-state index in [-0.39, 0.29) is 5.91 Å². The van der Waals surface area contributed by atoms with Crippen LogP contribution in [0.25, 0.3) is 0 Å². The maximum Gasteiger partial charge on any atom is 0.221 e. The minimum absolute atomic E-state index is 0.0170. The molecule has 0 aromatic heterocycles. The predicted molar refractivity (Wildman–Crippen MR) is 55.4 cm³/mol. The van der Waals surface area contributed by atoms with Crippen LogP contribution in [0.2, 0.25) is 0 Å². The van der Waals surface area contributed by atoms with Crippen LogP contribution in [-0.2, 0) is 4.79 Å². The number of aliphatic imine (C=N–C) groups is 1. The van der Waals surface area contributed by atoms with Gasteiger partial charge in [-0.1, -0.05) is 0 Å². The number of hydrogen-bond acceptors (Lipinski definition) is 5. The summed E-state index contributed by atoms with van der Waals surface area (Å²) in [5.41, 5.74) is 3.45. The lowest BCUT2D eigenvalue weighted by atomic mass is 10.3. The lowest BCUT2D eigenvalue weighted by Crippen LogP contribution is -2.32. The molecule has 1 aliphatic rings. The van der Waals surface area contributed by atoms with Crippen LogP contribution in [-0.4, -0.2) is 36.8 Å². The van der Waals surface area contributed by atoms with Gasteiger partial charge in [-0.05, 0) is 5.75 Å². The summed E-state index contributed by atoms with van der Waals surface area (Å²) < 4.78 is 0. The number of carbonyl (C=O) groups excluding carboxylic acids is 1. The fourth-order valence-corrected chi connectivity index (χ4v) is 1.02. The van der Waals surface area contributed by atoms with Crippen LogP contribution in [0.1, 0.15) is 6.42 Å². The summed E-state index contributed by atoms with van der Waals surface area (Å²) in [6.45, 7) is 0.928. The van der Waals surface area contributed by atoms with Gasteiger partial charge in [0.05, 0.1) is 12.3 Å². The van der Waals surface area contributed by atoms with Crippen LogP contribution in [0.15, 0.2) is 10.1 Å². The van der Waals surface area contributed by atoms with E-state index in [0.29, 0.717) is 25.4 Å². The van der Waals surface area contributed by atoms with Crippen molar-refractivity contribution in [2.45, 2.75) is 6.42 Å². The minimum atomic E-state index is -0.0170. The van der Waals surface area contributed by atoms with E-state index in [4.69, 9.17) is 0 Å². The molecule has 0 saturated carbocycles. The third-order valence-electron chi connectivity index (χ3n) is 1.43. The second-order valence-electron chi connectivity index (χ2n) is 2.48. The summed E-state index contributed by atoms with van der Waals surface area (Å²) in [4.78, 5) is 15.0. The lowest BCUT2D eigenvalue weighted by Gasteiger charge is -2.07. The molecule has 0 bridgehead atoms. The first-order valence-corrected chi connectivity index (χ1v) is 4.63. The summed E-state index contributed by atoms with van der Waals surface area (Å²) in [6, 6.07) is 0. The number of nitrogens with one attached hydrogen (secondary N) is 2. The van der Waals surface area contributed by atoms with Crippen molar-refractivity contribution < 1.29 is 4.79 Å². The first-order chi connectivity index (χ1) is 6.33. The van der Waals surface area contributed by atoms with Gasteiger partial charge in [-0.2, -0.15) is 17.7 Å². The van der Waals surface area contributed by atoms with Crippen LogP contribution in [0, 0.1) is 0 Å². The van der Waals surface area contributed by atoms with Crippen molar-refractivity contribution in [1.29, 1.82) is 0 Å². The monoisotopic (exact) mass is 200 g/mol. The van der Waals surface area contributed by atoms with Crippen molar-refractivity contribution in [3.8, 4) is 0 Å². The summed E-state index contributed by atoms with van der Waals surface area (Å²) in [7, 11) is 0. The highest BCUT2D eigenvalue weighted by molar-refractivity contribution is 7.80. The second kappa shape index (κ2) is 5.58. The number of hydrogen-bond donors (Lipinski definition) is 3. The molecular formula is C7H12N4OS. The molecule has 0 aromatic rings. The third kappa shape index (κ3) is 3.93. The SMILES string of the molecule is O=C(CCS)NCC1=NNCN=C1. The van der Waals surface area contributed by atoms with E-state index in [1.54, 1.807) is 6.21 Å². The van der Waals surface area contributed by atoms with E-state index >= 15 is 0 Å². The molecule has 72 valence electrons. The standard InChI is InChI=1S/C7H12N4OS/c12-7(1-2-13)9-4-6-3-8-5-10-11-6/h3,10,13H,1-2,4-5H2,(H,9,12). The largest absolute Gasteiger partial charge is 0.350 e. The maximum absolute atomic E-state index is 11.0. The Bertz CT molecular complexity index is 239. The van der Waals surface area contributed by atoms with Gasteiger partial charge in [-0.25, -0.2) is 0 Å². The summed E-state index contributed by atoms with van der Waals surface area (Å²) in [5.74, 6) is 0.543. The van der Waals surface area contributed by atoms with E-state index in [0.717, 1.165) is 5.71 Å². The van der Waals surface area contributed by atoms with Gasteiger partial charge in [0, 0.05) is 12.6 Å². The van der Waals surface area contributed by atoms with Crippen LogP contribution >= 0.6 is 12.6 Å². The van der Waals surface area contributed by atoms with E-state index < -0.39 is 0 Å². The number of hydrazone groups is 1. The summed E-state index contributed by atoms with van der Waals surface area (Å²) >= 11 is 3.95. The Morgan fingerprint density at radius 1 is 1.77 bits per heavy atom. The molecule has 6 heteroatoms. The van der Waals surface area contributed by atoms with Gasteiger partial charge in [0.1, 0.15) is 6.67 Å². The molecule has 2 N–H and O–H groups in total. The van der Waals surface area contributed by atoms with E-state index in [1.165, 1.54) is 0 Å². The van der Waals surface area contributed by atoms with Gasteiger partial charge in [0.25, 0.3) is 0 Å². The van der Waals surface area contributed by atoms with Gasteiger partial charge in [-0.15, -0.1) is 0 Å². The molecule has 1 aliphatic heterocycles. The third-order valence-corrected chi connectivity index (χ3v) is 1.65. The zero-order valence-electron chi connectivity index (χ0n) is 7.16. The smallest absolute Gasteiger partial charge is 0.221 e. The van der Waals surface area contributed by atoms with Crippen LogP contribution < -0.4 is 10.7 Å². The Balaban J connectivity index is 2.22. The lowest BCUT2D eigenvalue weighted by molar-refractivity contribution is -0.120. The van der Waals surface area contributed by atoms with Gasteiger partial charge in [0.15, 0.2) is 0 Å². The molecule has 0 atom stereocenters. The summed E-state index contributed by atoms with van der Waals surface area (Å²) in [6.07, 6.45) is 2.08. The average molecular weight is 200 g/mol. The van der Waals surface area contributed by atoms with Gasteiger partial charge in [-0.3, -0.25) is 15.2 Å². The van der Waals surface area contributed by atoms with Crippen molar-refractivity contribution >= 4 is 30.5 Å². The van der Waals surface area contributed by atoms with E-state index in [2.05, 4.69) is 33.5 Å².